The fraction of sp³-hybridized carbons (Fsp3) is 0.300. The van der Waals surface area contributed by atoms with E-state index >= 15 is 0 Å². The summed E-state index contributed by atoms with van der Waals surface area (Å²) in [5.41, 5.74) is 0.982. The number of alkyl halides is 1. The molecule has 0 aliphatic carbocycles. The van der Waals surface area contributed by atoms with Gasteiger partial charge in [0.25, 0.3) is 0 Å². The first-order chi connectivity index (χ1) is 6.38. The lowest BCUT2D eigenvalue weighted by molar-refractivity contribution is 0.397. The summed E-state index contributed by atoms with van der Waals surface area (Å²) in [5.74, 6) is 1.28. The summed E-state index contributed by atoms with van der Waals surface area (Å²) >= 11 is 5.54. The molecule has 0 bridgehead atoms. The van der Waals surface area contributed by atoms with Gasteiger partial charge >= 0.3 is 0 Å². The van der Waals surface area contributed by atoms with Crippen LogP contribution in [0.15, 0.2) is 24.4 Å². The molecule has 0 radical (unpaired) electrons. The number of allylic oxidation sites excluding steroid dienone is 1. The van der Waals surface area contributed by atoms with Crippen LogP contribution in [0.3, 0.4) is 0 Å². The van der Waals surface area contributed by atoms with Crippen LogP contribution in [0, 0.1) is 0 Å². The minimum absolute atomic E-state index is 0.638. The van der Waals surface area contributed by atoms with Gasteiger partial charge in [-0.3, -0.25) is 0 Å². The molecule has 0 unspecified atom stereocenters. The molecule has 3 heteroatoms. The van der Waals surface area contributed by atoms with Crippen molar-refractivity contribution >= 4 is 17.7 Å². The van der Waals surface area contributed by atoms with Crippen molar-refractivity contribution in [1.82, 2.24) is 4.98 Å². The van der Waals surface area contributed by atoms with E-state index in [4.69, 9.17) is 16.3 Å². The van der Waals surface area contributed by atoms with Gasteiger partial charge in [0.2, 0.25) is 5.88 Å². The van der Waals surface area contributed by atoms with Crippen LogP contribution in [0.2, 0.25) is 0 Å². The summed E-state index contributed by atoms with van der Waals surface area (Å²) in [4.78, 5) is 4.07. The Kier molecular flexibility index (Phi) is 4.33. The molecule has 0 spiro atoms. The molecule has 0 N–H and O–H groups in total. The van der Waals surface area contributed by atoms with Gasteiger partial charge in [0.05, 0.1) is 7.11 Å². The first kappa shape index (κ1) is 10.1. The predicted molar refractivity (Wildman–Crippen MR) is 55.2 cm³/mol. The molecule has 70 valence electrons. The Hall–Kier alpha value is -1.02. The van der Waals surface area contributed by atoms with E-state index in [0.717, 1.165) is 12.0 Å². The van der Waals surface area contributed by atoms with Gasteiger partial charge in [-0.2, -0.15) is 0 Å². The van der Waals surface area contributed by atoms with Gasteiger partial charge < -0.3 is 4.74 Å². The highest BCUT2D eigenvalue weighted by Gasteiger charge is 1.96. The molecule has 0 saturated carbocycles. The van der Waals surface area contributed by atoms with Crippen LogP contribution in [0.1, 0.15) is 12.0 Å². The molecule has 0 aliphatic heterocycles. The van der Waals surface area contributed by atoms with Crippen molar-refractivity contribution in [2.24, 2.45) is 0 Å². The number of rotatable bonds is 4. The lowest BCUT2D eigenvalue weighted by Gasteiger charge is -2.01. The van der Waals surface area contributed by atoms with E-state index in [-0.39, 0.29) is 0 Å². The monoisotopic (exact) mass is 197 g/mol. The number of halogens is 1. The van der Waals surface area contributed by atoms with Crippen molar-refractivity contribution in [3.63, 3.8) is 0 Å². The summed E-state index contributed by atoms with van der Waals surface area (Å²) in [7, 11) is 1.61. The molecule has 1 aromatic rings. The van der Waals surface area contributed by atoms with Crippen LogP contribution in [0.4, 0.5) is 0 Å². The van der Waals surface area contributed by atoms with Crippen molar-refractivity contribution in [2.45, 2.75) is 6.42 Å². The predicted octanol–water partition coefficient (Wildman–Crippen LogP) is 2.73. The second kappa shape index (κ2) is 5.60. The van der Waals surface area contributed by atoms with Gasteiger partial charge in [0, 0.05) is 17.6 Å². The molecular weight excluding hydrogens is 186 g/mol. The Morgan fingerprint density at radius 2 is 2.46 bits per heavy atom. The van der Waals surface area contributed by atoms with Crippen LogP contribution in [-0.2, 0) is 0 Å². The number of pyridine rings is 1. The van der Waals surface area contributed by atoms with Crippen LogP contribution < -0.4 is 4.74 Å². The third kappa shape index (κ3) is 3.07. The number of methoxy groups -OCH3 is 1. The summed E-state index contributed by atoms with van der Waals surface area (Å²) in [6.07, 6.45) is 6.54. The summed E-state index contributed by atoms with van der Waals surface area (Å²) in [6.45, 7) is 0. The molecule has 2 nitrogen and oxygen atoms in total. The second-order valence-electron chi connectivity index (χ2n) is 2.48. The molecule has 13 heavy (non-hydrogen) atoms. The zero-order valence-electron chi connectivity index (χ0n) is 7.53. The lowest BCUT2D eigenvalue weighted by Crippen LogP contribution is -1.89. The highest BCUT2D eigenvalue weighted by atomic mass is 35.5. The van der Waals surface area contributed by atoms with Crippen molar-refractivity contribution in [1.29, 1.82) is 0 Å². The lowest BCUT2D eigenvalue weighted by atomic mass is 10.2. The van der Waals surface area contributed by atoms with Crippen molar-refractivity contribution in [2.75, 3.05) is 13.0 Å². The molecule has 1 rings (SSSR count). The third-order valence-corrected chi connectivity index (χ3v) is 1.79. The Morgan fingerprint density at radius 3 is 3.15 bits per heavy atom. The van der Waals surface area contributed by atoms with Crippen molar-refractivity contribution in [3.8, 4) is 5.88 Å². The number of hydrogen-bond acceptors (Lipinski definition) is 2. The number of ether oxygens (including phenoxy) is 1. The molecule has 0 aromatic carbocycles. The summed E-state index contributed by atoms with van der Waals surface area (Å²) in [5, 5.41) is 0. The first-order valence-corrected chi connectivity index (χ1v) is 4.63. The van der Waals surface area contributed by atoms with E-state index in [1.807, 2.05) is 24.3 Å². The minimum atomic E-state index is 0.638. The SMILES string of the molecule is COc1ncccc1C=CCCCl. The van der Waals surface area contributed by atoms with E-state index in [9.17, 15) is 0 Å². The third-order valence-electron chi connectivity index (χ3n) is 1.57. The Balaban J connectivity index is 2.74. The smallest absolute Gasteiger partial charge is 0.220 e. The molecular formula is C10H12ClNO. The quantitative estimate of drug-likeness (QED) is 0.693. The first-order valence-electron chi connectivity index (χ1n) is 4.10. The number of nitrogens with zero attached hydrogens (tertiary/aromatic N) is 1. The zero-order chi connectivity index (χ0) is 9.52. The average molecular weight is 198 g/mol. The maximum Gasteiger partial charge on any atom is 0.220 e. The maximum absolute atomic E-state index is 5.54. The molecule has 0 amide bonds. The van der Waals surface area contributed by atoms with E-state index in [1.165, 1.54) is 0 Å². The summed E-state index contributed by atoms with van der Waals surface area (Å²) in [6, 6.07) is 3.83. The largest absolute Gasteiger partial charge is 0.481 e. The van der Waals surface area contributed by atoms with Crippen LogP contribution >= 0.6 is 11.6 Å². The average Bonchev–Trinajstić information content (AvgIpc) is 2.19. The number of aromatic nitrogens is 1. The van der Waals surface area contributed by atoms with E-state index in [1.54, 1.807) is 13.3 Å². The van der Waals surface area contributed by atoms with Crippen LogP contribution in [0.5, 0.6) is 5.88 Å². The van der Waals surface area contributed by atoms with Crippen LogP contribution in [-0.4, -0.2) is 18.0 Å². The number of hydrogen-bond donors (Lipinski definition) is 0. The molecule has 1 heterocycles. The molecule has 0 saturated heterocycles. The fourth-order valence-electron chi connectivity index (χ4n) is 0.974. The van der Waals surface area contributed by atoms with Gasteiger partial charge in [0.15, 0.2) is 0 Å². The van der Waals surface area contributed by atoms with Crippen molar-refractivity contribution < 1.29 is 4.74 Å². The maximum atomic E-state index is 5.54. The van der Waals surface area contributed by atoms with Crippen molar-refractivity contribution in [3.05, 3.63) is 30.0 Å². The molecule has 0 atom stereocenters. The molecule has 1 aromatic heterocycles. The fourth-order valence-corrected chi connectivity index (χ4v) is 1.10. The zero-order valence-corrected chi connectivity index (χ0v) is 8.29. The Morgan fingerprint density at radius 1 is 1.62 bits per heavy atom. The standard InChI is InChI=1S/C10H12ClNO/c1-13-10-9(5-2-3-7-11)6-4-8-12-10/h2,4-6,8H,3,7H2,1H3. The van der Waals surface area contributed by atoms with Gasteiger partial charge in [-0.25, -0.2) is 4.98 Å². The van der Waals surface area contributed by atoms with E-state index < -0.39 is 0 Å². The highest BCUT2D eigenvalue weighted by Crippen LogP contribution is 2.15. The minimum Gasteiger partial charge on any atom is -0.481 e. The van der Waals surface area contributed by atoms with E-state index in [2.05, 4.69) is 4.98 Å². The normalized spacial score (nSPS) is 10.6. The van der Waals surface area contributed by atoms with Gasteiger partial charge in [-0.1, -0.05) is 12.2 Å². The molecule has 0 aliphatic rings. The topological polar surface area (TPSA) is 22.1 Å². The van der Waals surface area contributed by atoms with Gasteiger partial charge in [0.1, 0.15) is 0 Å². The second-order valence-corrected chi connectivity index (χ2v) is 2.86. The van der Waals surface area contributed by atoms with Gasteiger partial charge in [-0.05, 0) is 18.6 Å². The summed E-state index contributed by atoms with van der Waals surface area (Å²) < 4.78 is 5.08. The Labute approximate surface area is 83.2 Å². The molecule has 0 fully saturated rings. The highest BCUT2D eigenvalue weighted by molar-refractivity contribution is 6.17. The van der Waals surface area contributed by atoms with E-state index in [0.29, 0.717) is 11.8 Å². The van der Waals surface area contributed by atoms with Gasteiger partial charge in [-0.15, -0.1) is 11.6 Å². The van der Waals surface area contributed by atoms with Crippen LogP contribution in [0.25, 0.3) is 6.08 Å². The Bertz CT molecular complexity index is 286.